The molecule has 0 saturated carbocycles. The van der Waals surface area contributed by atoms with Gasteiger partial charge in [-0.2, -0.15) is 8.42 Å². The van der Waals surface area contributed by atoms with E-state index < -0.39 is 10.1 Å². The van der Waals surface area contributed by atoms with Crippen molar-refractivity contribution in [2.45, 2.75) is 4.90 Å². The molecule has 4 nitrogen and oxygen atoms in total. The van der Waals surface area contributed by atoms with Gasteiger partial charge in [0.1, 0.15) is 4.90 Å². The van der Waals surface area contributed by atoms with E-state index in [1.807, 2.05) is 0 Å². The van der Waals surface area contributed by atoms with Crippen LogP contribution in [0.15, 0.2) is 34.2 Å². The van der Waals surface area contributed by atoms with Crippen molar-refractivity contribution in [3.63, 3.8) is 0 Å². The Bertz CT molecular complexity index is 423. The lowest BCUT2D eigenvalue weighted by Crippen LogP contribution is -2.02. The van der Waals surface area contributed by atoms with Gasteiger partial charge in [-0.1, -0.05) is 18.2 Å². The van der Waals surface area contributed by atoms with E-state index >= 15 is 0 Å². The van der Waals surface area contributed by atoms with Crippen LogP contribution in [0.4, 0.5) is 0 Å². The highest BCUT2D eigenvalue weighted by atomic mass is 32.2. The van der Waals surface area contributed by atoms with Crippen LogP contribution in [-0.4, -0.2) is 26.2 Å². The van der Waals surface area contributed by atoms with Gasteiger partial charge in [0, 0.05) is 18.8 Å². The van der Waals surface area contributed by atoms with Crippen LogP contribution in [0.25, 0.3) is 0 Å². The Morgan fingerprint density at radius 1 is 1.38 bits per heavy atom. The van der Waals surface area contributed by atoms with Crippen molar-refractivity contribution < 1.29 is 13.0 Å². The second-order valence-corrected chi connectivity index (χ2v) is 3.79. The normalized spacial score (nSPS) is 12.2. The monoisotopic (exact) mass is 199 g/mol. The average Bonchev–Trinajstić information content (AvgIpc) is 2.04. The van der Waals surface area contributed by atoms with Crippen molar-refractivity contribution in [1.29, 1.82) is 0 Å². The van der Waals surface area contributed by atoms with Gasteiger partial charge in [0.05, 0.1) is 0 Å². The van der Waals surface area contributed by atoms with Crippen molar-refractivity contribution in [2.75, 3.05) is 7.05 Å². The molecule has 0 spiro atoms. The Hall–Kier alpha value is -1.20. The number of benzene rings is 1. The van der Waals surface area contributed by atoms with E-state index in [9.17, 15) is 8.42 Å². The van der Waals surface area contributed by atoms with Gasteiger partial charge in [0.15, 0.2) is 0 Å². The van der Waals surface area contributed by atoms with Gasteiger partial charge in [0.2, 0.25) is 0 Å². The van der Waals surface area contributed by atoms with E-state index in [-0.39, 0.29) is 4.90 Å². The van der Waals surface area contributed by atoms with E-state index in [1.165, 1.54) is 25.4 Å². The predicted octanol–water partition coefficient (Wildman–Crippen LogP) is 0.982. The summed E-state index contributed by atoms with van der Waals surface area (Å²) in [6.07, 6.45) is 1.38. The van der Waals surface area contributed by atoms with Crippen molar-refractivity contribution in [3.05, 3.63) is 29.8 Å². The molecule has 0 aliphatic heterocycles. The zero-order chi connectivity index (χ0) is 9.90. The smallest absolute Gasteiger partial charge is 0.295 e. The van der Waals surface area contributed by atoms with E-state index in [1.54, 1.807) is 12.1 Å². The Morgan fingerprint density at radius 3 is 2.54 bits per heavy atom. The molecule has 1 aromatic carbocycles. The first kappa shape index (κ1) is 9.88. The van der Waals surface area contributed by atoms with Crippen LogP contribution in [0.3, 0.4) is 0 Å². The SMILES string of the molecule is CN=Cc1ccccc1S(=O)(=O)O. The molecule has 1 N–H and O–H groups in total. The summed E-state index contributed by atoms with van der Waals surface area (Å²) >= 11 is 0. The molecule has 0 amide bonds. The van der Waals surface area contributed by atoms with Gasteiger partial charge in [-0.25, -0.2) is 0 Å². The molecule has 1 aromatic rings. The van der Waals surface area contributed by atoms with E-state index in [0.29, 0.717) is 5.56 Å². The summed E-state index contributed by atoms with van der Waals surface area (Å²) in [5.41, 5.74) is 0.382. The van der Waals surface area contributed by atoms with Crippen LogP contribution < -0.4 is 0 Å². The minimum absolute atomic E-state index is 0.124. The van der Waals surface area contributed by atoms with Crippen LogP contribution in [0, 0.1) is 0 Å². The molecule has 1 rings (SSSR count). The zero-order valence-electron chi connectivity index (χ0n) is 7.01. The van der Waals surface area contributed by atoms with Gasteiger partial charge in [-0.3, -0.25) is 9.55 Å². The summed E-state index contributed by atoms with van der Waals surface area (Å²) in [6.45, 7) is 0. The van der Waals surface area contributed by atoms with Crippen molar-refractivity contribution in [1.82, 2.24) is 0 Å². The van der Waals surface area contributed by atoms with E-state index in [2.05, 4.69) is 4.99 Å². The summed E-state index contributed by atoms with van der Waals surface area (Å²) in [5, 5.41) is 0. The van der Waals surface area contributed by atoms with Gasteiger partial charge in [-0.15, -0.1) is 0 Å². The second-order valence-electron chi connectivity index (χ2n) is 2.40. The van der Waals surface area contributed by atoms with Crippen LogP contribution >= 0.6 is 0 Å². The van der Waals surface area contributed by atoms with Gasteiger partial charge in [0.25, 0.3) is 10.1 Å². The highest BCUT2D eigenvalue weighted by molar-refractivity contribution is 7.86. The molecule has 0 aromatic heterocycles. The number of hydrogen-bond donors (Lipinski definition) is 1. The lowest BCUT2D eigenvalue weighted by molar-refractivity contribution is 0.483. The average molecular weight is 199 g/mol. The second kappa shape index (κ2) is 3.68. The fourth-order valence-electron chi connectivity index (χ4n) is 0.961. The molecule has 70 valence electrons. The number of aliphatic imine (C=N–C) groups is 1. The predicted molar refractivity (Wildman–Crippen MR) is 49.8 cm³/mol. The molecule has 0 unspecified atom stereocenters. The summed E-state index contributed by atoms with van der Waals surface area (Å²) in [7, 11) is -2.62. The Morgan fingerprint density at radius 2 is 2.00 bits per heavy atom. The molecular weight excluding hydrogens is 190 g/mol. The minimum atomic E-state index is -4.15. The van der Waals surface area contributed by atoms with Crippen LogP contribution in [0.1, 0.15) is 5.56 Å². The maximum Gasteiger partial charge on any atom is 0.295 e. The van der Waals surface area contributed by atoms with Gasteiger partial charge < -0.3 is 0 Å². The molecule has 0 bridgehead atoms. The molecule has 5 heteroatoms. The van der Waals surface area contributed by atoms with Crippen molar-refractivity contribution >= 4 is 16.3 Å². The fraction of sp³-hybridized carbons (Fsp3) is 0.125. The molecule has 0 saturated heterocycles. The standard InChI is InChI=1S/C8H9NO3S/c1-9-6-7-4-2-3-5-8(7)13(10,11)12/h2-6H,1H3,(H,10,11,12). The summed E-state index contributed by atoms with van der Waals surface area (Å²) < 4.78 is 30.5. The maximum atomic E-state index is 10.8. The van der Waals surface area contributed by atoms with Crippen LogP contribution in [-0.2, 0) is 10.1 Å². The van der Waals surface area contributed by atoms with Gasteiger partial charge in [-0.05, 0) is 6.07 Å². The van der Waals surface area contributed by atoms with Crippen LogP contribution in [0.2, 0.25) is 0 Å². The summed E-state index contributed by atoms with van der Waals surface area (Å²) in [4.78, 5) is 3.56. The van der Waals surface area contributed by atoms with E-state index in [4.69, 9.17) is 4.55 Å². The summed E-state index contributed by atoms with van der Waals surface area (Å²) in [6, 6.07) is 6.10. The Labute approximate surface area is 76.7 Å². The third-order valence-corrected chi connectivity index (χ3v) is 2.39. The zero-order valence-corrected chi connectivity index (χ0v) is 7.82. The molecule has 13 heavy (non-hydrogen) atoms. The Balaban J connectivity index is 3.37. The first-order chi connectivity index (χ1) is 6.05. The molecule has 0 heterocycles. The fourth-order valence-corrected chi connectivity index (χ4v) is 1.63. The highest BCUT2D eigenvalue weighted by Crippen LogP contribution is 2.12. The maximum absolute atomic E-state index is 10.8. The molecule has 0 fully saturated rings. The largest absolute Gasteiger partial charge is 0.296 e. The minimum Gasteiger partial charge on any atom is -0.296 e. The first-order valence-corrected chi connectivity index (χ1v) is 4.98. The number of rotatable bonds is 2. The molecular formula is C8H9NO3S. The quantitative estimate of drug-likeness (QED) is 0.570. The molecule has 0 atom stereocenters. The van der Waals surface area contributed by atoms with Gasteiger partial charge >= 0.3 is 0 Å². The third kappa shape index (κ3) is 2.37. The molecule has 0 radical (unpaired) electrons. The highest BCUT2D eigenvalue weighted by Gasteiger charge is 2.12. The summed E-state index contributed by atoms with van der Waals surface area (Å²) in [5.74, 6) is 0. The third-order valence-electron chi connectivity index (χ3n) is 1.47. The van der Waals surface area contributed by atoms with Crippen molar-refractivity contribution in [3.8, 4) is 0 Å². The number of hydrogen-bond acceptors (Lipinski definition) is 3. The van der Waals surface area contributed by atoms with Crippen LogP contribution in [0.5, 0.6) is 0 Å². The lowest BCUT2D eigenvalue weighted by Gasteiger charge is -2.00. The number of nitrogens with zero attached hydrogens (tertiary/aromatic N) is 1. The molecule has 0 aliphatic carbocycles. The lowest BCUT2D eigenvalue weighted by atomic mass is 10.2. The van der Waals surface area contributed by atoms with E-state index in [0.717, 1.165) is 0 Å². The molecule has 0 aliphatic rings. The first-order valence-electron chi connectivity index (χ1n) is 3.54. The topological polar surface area (TPSA) is 66.7 Å². The Kier molecular flexibility index (Phi) is 2.79. The van der Waals surface area contributed by atoms with Crippen molar-refractivity contribution in [2.24, 2.45) is 4.99 Å².